The van der Waals surface area contributed by atoms with Crippen LogP contribution in [0.1, 0.15) is 51.9 Å². The highest BCUT2D eigenvalue weighted by Gasteiger charge is 2.12. The molecule has 0 saturated carbocycles. The second-order valence-corrected chi connectivity index (χ2v) is 8.18. The molecule has 3 rings (SSSR count). The number of carboxylic acids is 2. The maximum atomic E-state index is 11.9. The van der Waals surface area contributed by atoms with E-state index in [1.165, 1.54) is 51.6 Å². The topological polar surface area (TPSA) is 163 Å². The molecule has 0 unspecified atom stereocenters. The van der Waals surface area contributed by atoms with Crippen LogP contribution in [-0.2, 0) is 16.1 Å². The lowest BCUT2D eigenvalue weighted by Crippen LogP contribution is -2.29. The van der Waals surface area contributed by atoms with Gasteiger partial charge in [0.2, 0.25) is 0 Å². The molecule has 3 heterocycles. The molecule has 1 aliphatic heterocycles. The highest BCUT2D eigenvalue weighted by molar-refractivity contribution is 5.97. The number of aromatic nitrogens is 4. The Bertz CT molecular complexity index is 968. The SMILES string of the molecule is CCCNC(=O)Nc1ncnc2c1cnn2CCCCN1CCCCCC1.O=C(O)C=CC(=O)O. The molecule has 2 amide bonds. The van der Waals surface area contributed by atoms with Gasteiger partial charge in [0.05, 0.1) is 11.6 Å². The first kappa shape index (κ1) is 27.7. The van der Waals surface area contributed by atoms with E-state index in [1.54, 1.807) is 6.20 Å². The number of amides is 2. The van der Waals surface area contributed by atoms with Gasteiger partial charge in [-0.3, -0.25) is 5.32 Å². The monoisotopic (exact) mass is 489 g/mol. The summed E-state index contributed by atoms with van der Waals surface area (Å²) in [6, 6.07) is -0.248. The third-order valence-electron chi connectivity index (χ3n) is 5.36. The summed E-state index contributed by atoms with van der Waals surface area (Å²) in [4.78, 5) is 42.1. The number of aryl methyl sites for hydroxylation is 1. The summed E-state index contributed by atoms with van der Waals surface area (Å²) >= 11 is 0. The van der Waals surface area contributed by atoms with Gasteiger partial charge in [-0.15, -0.1) is 0 Å². The maximum absolute atomic E-state index is 11.9. The van der Waals surface area contributed by atoms with Crippen LogP contribution in [0.4, 0.5) is 10.6 Å². The molecule has 1 aliphatic rings. The summed E-state index contributed by atoms with van der Waals surface area (Å²) in [6.07, 6.45) is 12.9. The summed E-state index contributed by atoms with van der Waals surface area (Å²) in [7, 11) is 0. The van der Waals surface area contributed by atoms with Crippen LogP contribution in [0, 0.1) is 0 Å². The van der Waals surface area contributed by atoms with E-state index in [9.17, 15) is 14.4 Å². The van der Waals surface area contributed by atoms with Gasteiger partial charge >= 0.3 is 18.0 Å². The Morgan fingerprint density at radius 1 is 1.00 bits per heavy atom. The molecule has 0 spiro atoms. The second kappa shape index (κ2) is 15.4. The minimum atomic E-state index is -1.26. The first-order valence-electron chi connectivity index (χ1n) is 12.0. The van der Waals surface area contributed by atoms with E-state index in [2.05, 4.69) is 30.6 Å². The fraction of sp³-hybridized carbons (Fsp3) is 0.565. The molecule has 2 aromatic heterocycles. The van der Waals surface area contributed by atoms with Crippen molar-refractivity contribution in [3.05, 3.63) is 24.7 Å². The highest BCUT2D eigenvalue weighted by atomic mass is 16.4. The molecule has 0 bridgehead atoms. The number of carbonyl (C=O) groups excluding carboxylic acids is 1. The Kier molecular flexibility index (Phi) is 12.2. The van der Waals surface area contributed by atoms with Gasteiger partial charge in [0.25, 0.3) is 0 Å². The van der Waals surface area contributed by atoms with E-state index in [1.807, 2.05) is 11.6 Å². The van der Waals surface area contributed by atoms with Crippen LogP contribution in [0.2, 0.25) is 0 Å². The molecule has 192 valence electrons. The second-order valence-electron chi connectivity index (χ2n) is 8.18. The van der Waals surface area contributed by atoms with Crippen LogP contribution in [0.3, 0.4) is 0 Å². The fourth-order valence-electron chi connectivity index (χ4n) is 3.65. The van der Waals surface area contributed by atoms with Crippen LogP contribution in [0.15, 0.2) is 24.7 Å². The normalized spacial score (nSPS) is 14.2. The molecule has 0 atom stereocenters. The molecule has 0 aliphatic carbocycles. The molecule has 0 radical (unpaired) electrons. The minimum absolute atomic E-state index is 0.248. The number of unbranched alkanes of at least 4 members (excludes halogenated alkanes) is 1. The van der Waals surface area contributed by atoms with Gasteiger partial charge in [-0.25, -0.2) is 29.0 Å². The van der Waals surface area contributed by atoms with E-state index >= 15 is 0 Å². The van der Waals surface area contributed by atoms with Crippen molar-refractivity contribution in [3.63, 3.8) is 0 Å². The van der Waals surface area contributed by atoms with Crippen LogP contribution >= 0.6 is 0 Å². The molecule has 1 saturated heterocycles. The van der Waals surface area contributed by atoms with Gasteiger partial charge in [-0.1, -0.05) is 19.8 Å². The number of likely N-dealkylation sites (tertiary alicyclic amines) is 1. The van der Waals surface area contributed by atoms with E-state index in [0.29, 0.717) is 24.5 Å². The third-order valence-corrected chi connectivity index (χ3v) is 5.36. The van der Waals surface area contributed by atoms with Crippen LogP contribution in [-0.4, -0.2) is 79.0 Å². The van der Waals surface area contributed by atoms with Gasteiger partial charge in [-0.05, 0) is 51.7 Å². The number of hydrogen-bond donors (Lipinski definition) is 4. The molecule has 2 aromatic rings. The number of carboxylic acid groups (broad SMARTS) is 2. The predicted molar refractivity (Wildman–Crippen MR) is 131 cm³/mol. The largest absolute Gasteiger partial charge is 0.478 e. The Morgan fingerprint density at radius 2 is 1.66 bits per heavy atom. The summed E-state index contributed by atoms with van der Waals surface area (Å²) in [6.45, 7) is 7.13. The Hall–Kier alpha value is -3.54. The average molecular weight is 490 g/mol. The molecule has 12 nitrogen and oxygen atoms in total. The van der Waals surface area contributed by atoms with Crippen molar-refractivity contribution in [2.45, 2.75) is 58.4 Å². The van der Waals surface area contributed by atoms with Gasteiger partial charge in [0, 0.05) is 25.2 Å². The first-order valence-corrected chi connectivity index (χ1v) is 12.0. The summed E-state index contributed by atoms with van der Waals surface area (Å²) < 4.78 is 1.91. The zero-order chi connectivity index (χ0) is 25.5. The van der Waals surface area contributed by atoms with Gasteiger partial charge in [0.15, 0.2) is 5.65 Å². The van der Waals surface area contributed by atoms with Crippen LogP contribution < -0.4 is 10.6 Å². The number of aliphatic carboxylic acids is 2. The quantitative estimate of drug-likeness (QED) is 0.290. The van der Waals surface area contributed by atoms with E-state index in [-0.39, 0.29) is 6.03 Å². The van der Waals surface area contributed by atoms with Crippen molar-refractivity contribution >= 4 is 34.8 Å². The number of urea groups is 1. The number of rotatable bonds is 10. The fourth-order valence-corrected chi connectivity index (χ4v) is 3.65. The minimum Gasteiger partial charge on any atom is -0.478 e. The van der Waals surface area contributed by atoms with Crippen molar-refractivity contribution in [2.24, 2.45) is 0 Å². The molecule has 12 heteroatoms. The first-order chi connectivity index (χ1) is 16.9. The molecule has 35 heavy (non-hydrogen) atoms. The van der Waals surface area contributed by atoms with Gasteiger partial charge in [-0.2, -0.15) is 5.10 Å². The number of fused-ring (bicyclic) bond motifs is 1. The lowest BCUT2D eigenvalue weighted by molar-refractivity contribution is -0.134. The molecular weight excluding hydrogens is 454 g/mol. The number of nitrogens with zero attached hydrogens (tertiary/aromatic N) is 5. The Balaban J connectivity index is 0.000000466. The molecule has 1 fully saturated rings. The lowest BCUT2D eigenvalue weighted by atomic mass is 10.2. The highest BCUT2D eigenvalue weighted by Crippen LogP contribution is 2.19. The summed E-state index contributed by atoms with van der Waals surface area (Å²) in [5, 5.41) is 26.4. The Labute approximate surface area is 204 Å². The maximum Gasteiger partial charge on any atom is 0.328 e. The van der Waals surface area contributed by atoms with Gasteiger partial charge < -0.3 is 20.4 Å². The summed E-state index contributed by atoms with van der Waals surface area (Å²) in [5.41, 5.74) is 0.769. The number of nitrogens with one attached hydrogen (secondary N) is 2. The van der Waals surface area contributed by atoms with E-state index < -0.39 is 11.9 Å². The number of anilines is 1. The molecular formula is C23H35N7O5. The van der Waals surface area contributed by atoms with Crippen LogP contribution in [0.25, 0.3) is 11.0 Å². The zero-order valence-corrected chi connectivity index (χ0v) is 20.1. The smallest absolute Gasteiger partial charge is 0.328 e. The number of hydrogen-bond acceptors (Lipinski definition) is 7. The zero-order valence-electron chi connectivity index (χ0n) is 20.1. The predicted octanol–water partition coefficient (Wildman–Crippen LogP) is 2.73. The third kappa shape index (κ3) is 10.5. The van der Waals surface area contributed by atoms with Crippen molar-refractivity contribution in [3.8, 4) is 0 Å². The standard InChI is InChI=1S/C19H31N7O.C4H4O4/c1-2-9-20-19(27)24-17-16-14-23-26(18(16)22-15-21-17)13-8-7-12-25-10-5-3-4-6-11-25;5-3(6)1-2-4(7)8/h14-15H,2-13H2,1H3,(H2,20,21,22,24,27);1-2H,(H,5,6)(H,7,8). The molecule has 4 N–H and O–H groups in total. The van der Waals surface area contributed by atoms with Crippen LogP contribution in [0.5, 0.6) is 0 Å². The average Bonchev–Trinajstić information content (AvgIpc) is 3.07. The molecule has 0 aromatic carbocycles. The summed E-state index contributed by atoms with van der Waals surface area (Å²) in [5.74, 6) is -2.01. The van der Waals surface area contributed by atoms with Crippen molar-refractivity contribution in [2.75, 3.05) is 31.5 Å². The van der Waals surface area contributed by atoms with Crippen molar-refractivity contribution < 1.29 is 24.6 Å². The van der Waals surface area contributed by atoms with E-state index in [0.717, 1.165) is 36.8 Å². The van der Waals surface area contributed by atoms with Crippen molar-refractivity contribution in [1.29, 1.82) is 0 Å². The Morgan fingerprint density at radius 3 is 2.29 bits per heavy atom. The lowest BCUT2D eigenvalue weighted by Gasteiger charge is -2.19. The number of carbonyl (C=O) groups is 3. The van der Waals surface area contributed by atoms with E-state index in [4.69, 9.17) is 10.2 Å². The van der Waals surface area contributed by atoms with Gasteiger partial charge in [0.1, 0.15) is 12.1 Å². The van der Waals surface area contributed by atoms with Crippen molar-refractivity contribution in [1.82, 2.24) is 30.0 Å².